The number of amides is 1. The van der Waals surface area contributed by atoms with Gasteiger partial charge in [-0.15, -0.1) is 0 Å². The van der Waals surface area contributed by atoms with E-state index < -0.39 is 5.60 Å². The molecule has 1 aliphatic heterocycles. The number of nitrogens with one attached hydrogen (secondary N) is 1. The summed E-state index contributed by atoms with van der Waals surface area (Å²) in [6, 6.07) is 7.13. The van der Waals surface area contributed by atoms with Crippen molar-refractivity contribution >= 4 is 5.91 Å². The fourth-order valence-corrected chi connectivity index (χ4v) is 2.12. The third-order valence-electron chi connectivity index (χ3n) is 3.47. The molecular formula is C15H21NO5. The summed E-state index contributed by atoms with van der Waals surface area (Å²) in [6.45, 7) is 1.13. The van der Waals surface area contributed by atoms with Crippen molar-refractivity contribution in [1.82, 2.24) is 5.32 Å². The lowest BCUT2D eigenvalue weighted by Crippen LogP contribution is -2.47. The van der Waals surface area contributed by atoms with Crippen LogP contribution in [0.15, 0.2) is 24.3 Å². The topological polar surface area (TPSA) is 77.0 Å². The van der Waals surface area contributed by atoms with Crippen molar-refractivity contribution in [1.29, 1.82) is 0 Å². The molecule has 21 heavy (non-hydrogen) atoms. The molecule has 116 valence electrons. The average Bonchev–Trinajstić information content (AvgIpc) is 2.52. The summed E-state index contributed by atoms with van der Waals surface area (Å²) >= 11 is 0. The maximum atomic E-state index is 11.8. The van der Waals surface area contributed by atoms with E-state index in [2.05, 4.69) is 5.32 Å². The van der Waals surface area contributed by atoms with E-state index in [1.54, 1.807) is 25.3 Å². The zero-order chi connectivity index (χ0) is 15.1. The summed E-state index contributed by atoms with van der Waals surface area (Å²) in [7, 11) is 1.54. The molecular weight excluding hydrogens is 274 g/mol. The summed E-state index contributed by atoms with van der Waals surface area (Å²) in [5, 5.41) is 12.9. The molecule has 1 aromatic carbocycles. The molecule has 1 heterocycles. The Morgan fingerprint density at radius 1 is 1.33 bits per heavy atom. The third-order valence-corrected chi connectivity index (χ3v) is 3.47. The van der Waals surface area contributed by atoms with Gasteiger partial charge in [-0.2, -0.15) is 0 Å². The van der Waals surface area contributed by atoms with Gasteiger partial charge in [0.2, 0.25) is 0 Å². The van der Waals surface area contributed by atoms with Crippen molar-refractivity contribution in [2.75, 3.05) is 33.5 Å². The van der Waals surface area contributed by atoms with Crippen molar-refractivity contribution in [2.24, 2.45) is 0 Å². The minimum Gasteiger partial charge on any atom is -0.493 e. The van der Waals surface area contributed by atoms with Crippen LogP contribution in [0.2, 0.25) is 0 Å². The standard InChI is InChI=1S/C15H21NO5/c1-19-12-4-2-3-5-13(12)21-10-14(17)16-11-15(18)6-8-20-9-7-15/h2-5,18H,6-11H2,1H3,(H,16,17). The molecule has 0 aromatic heterocycles. The maximum absolute atomic E-state index is 11.8. The Bertz CT molecular complexity index is 471. The Morgan fingerprint density at radius 3 is 2.67 bits per heavy atom. The van der Waals surface area contributed by atoms with Crippen molar-refractivity contribution in [3.8, 4) is 11.5 Å². The van der Waals surface area contributed by atoms with Crippen LogP contribution in [0.3, 0.4) is 0 Å². The zero-order valence-corrected chi connectivity index (χ0v) is 12.1. The SMILES string of the molecule is COc1ccccc1OCC(=O)NCC1(O)CCOCC1. The van der Waals surface area contributed by atoms with Gasteiger partial charge in [0.15, 0.2) is 18.1 Å². The van der Waals surface area contributed by atoms with E-state index in [0.29, 0.717) is 37.6 Å². The van der Waals surface area contributed by atoms with Crippen LogP contribution in [-0.4, -0.2) is 50.1 Å². The molecule has 0 saturated carbocycles. The minimum absolute atomic E-state index is 0.118. The third kappa shape index (κ3) is 4.61. The number of rotatable bonds is 6. The van der Waals surface area contributed by atoms with Crippen LogP contribution in [0.5, 0.6) is 11.5 Å². The molecule has 1 aliphatic rings. The Hall–Kier alpha value is -1.79. The number of para-hydroxylation sites is 2. The largest absolute Gasteiger partial charge is 0.493 e. The second-order valence-electron chi connectivity index (χ2n) is 5.05. The number of hydrogen-bond donors (Lipinski definition) is 2. The van der Waals surface area contributed by atoms with Crippen LogP contribution in [0.4, 0.5) is 0 Å². The molecule has 1 saturated heterocycles. The van der Waals surface area contributed by atoms with Gasteiger partial charge in [-0.3, -0.25) is 4.79 Å². The highest BCUT2D eigenvalue weighted by atomic mass is 16.5. The van der Waals surface area contributed by atoms with E-state index in [1.807, 2.05) is 6.07 Å². The van der Waals surface area contributed by atoms with Crippen molar-refractivity contribution < 1.29 is 24.1 Å². The van der Waals surface area contributed by atoms with Crippen LogP contribution in [0, 0.1) is 0 Å². The molecule has 1 fully saturated rings. The van der Waals surface area contributed by atoms with E-state index in [0.717, 1.165) is 0 Å². The lowest BCUT2D eigenvalue weighted by Gasteiger charge is -2.32. The van der Waals surface area contributed by atoms with Crippen LogP contribution in [0.25, 0.3) is 0 Å². The summed E-state index contributed by atoms with van der Waals surface area (Å²) < 4.78 is 15.7. The summed E-state index contributed by atoms with van der Waals surface area (Å²) in [6.07, 6.45) is 1.06. The highest BCUT2D eigenvalue weighted by molar-refractivity contribution is 5.77. The summed E-state index contributed by atoms with van der Waals surface area (Å²) in [5.74, 6) is 0.814. The fraction of sp³-hybridized carbons (Fsp3) is 0.533. The Labute approximate surface area is 124 Å². The number of methoxy groups -OCH3 is 1. The van der Waals surface area contributed by atoms with Gasteiger partial charge in [0.05, 0.1) is 12.7 Å². The zero-order valence-electron chi connectivity index (χ0n) is 12.1. The molecule has 0 spiro atoms. The van der Waals surface area contributed by atoms with E-state index in [4.69, 9.17) is 14.2 Å². The number of hydrogen-bond acceptors (Lipinski definition) is 5. The second kappa shape index (κ2) is 7.28. The van der Waals surface area contributed by atoms with Gasteiger partial charge < -0.3 is 24.6 Å². The smallest absolute Gasteiger partial charge is 0.258 e. The Morgan fingerprint density at radius 2 is 2.00 bits per heavy atom. The van der Waals surface area contributed by atoms with Crippen LogP contribution in [0.1, 0.15) is 12.8 Å². The van der Waals surface area contributed by atoms with E-state index in [9.17, 15) is 9.90 Å². The molecule has 1 amide bonds. The van der Waals surface area contributed by atoms with E-state index in [-0.39, 0.29) is 19.1 Å². The number of aliphatic hydroxyl groups is 1. The van der Waals surface area contributed by atoms with Gasteiger partial charge in [-0.05, 0) is 12.1 Å². The normalized spacial score (nSPS) is 17.0. The first-order valence-electron chi connectivity index (χ1n) is 6.96. The van der Waals surface area contributed by atoms with Gasteiger partial charge in [-0.1, -0.05) is 12.1 Å². The molecule has 0 atom stereocenters. The van der Waals surface area contributed by atoms with E-state index in [1.165, 1.54) is 0 Å². The highest BCUT2D eigenvalue weighted by Gasteiger charge is 2.30. The first-order chi connectivity index (χ1) is 10.1. The van der Waals surface area contributed by atoms with Crippen LogP contribution >= 0.6 is 0 Å². The maximum Gasteiger partial charge on any atom is 0.258 e. The molecule has 0 bridgehead atoms. The van der Waals surface area contributed by atoms with Crippen molar-refractivity contribution in [3.63, 3.8) is 0 Å². The molecule has 0 aliphatic carbocycles. The average molecular weight is 295 g/mol. The Balaban J connectivity index is 1.77. The van der Waals surface area contributed by atoms with Gasteiger partial charge in [0.1, 0.15) is 0 Å². The molecule has 0 radical (unpaired) electrons. The molecule has 0 unspecified atom stereocenters. The minimum atomic E-state index is -0.877. The quantitative estimate of drug-likeness (QED) is 0.809. The predicted molar refractivity (Wildman–Crippen MR) is 76.5 cm³/mol. The number of ether oxygens (including phenoxy) is 3. The molecule has 1 aromatic rings. The molecule has 2 rings (SSSR count). The van der Waals surface area contributed by atoms with Crippen molar-refractivity contribution in [3.05, 3.63) is 24.3 Å². The lowest BCUT2D eigenvalue weighted by molar-refractivity contribution is -0.125. The second-order valence-corrected chi connectivity index (χ2v) is 5.05. The number of carbonyl (C=O) groups is 1. The lowest BCUT2D eigenvalue weighted by atomic mass is 9.94. The predicted octanol–water partition coefficient (Wildman–Crippen LogP) is 0.732. The molecule has 6 nitrogen and oxygen atoms in total. The van der Waals surface area contributed by atoms with Gasteiger partial charge >= 0.3 is 0 Å². The highest BCUT2D eigenvalue weighted by Crippen LogP contribution is 2.25. The summed E-state index contributed by atoms with van der Waals surface area (Å²) in [4.78, 5) is 11.8. The number of carbonyl (C=O) groups excluding carboxylic acids is 1. The molecule has 6 heteroatoms. The van der Waals surface area contributed by atoms with Gasteiger partial charge in [0, 0.05) is 32.6 Å². The molecule has 2 N–H and O–H groups in total. The summed E-state index contributed by atoms with van der Waals surface area (Å²) in [5.41, 5.74) is -0.877. The van der Waals surface area contributed by atoms with Crippen LogP contribution in [-0.2, 0) is 9.53 Å². The first-order valence-corrected chi connectivity index (χ1v) is 6.96. The van der Waals surface area contributed by atoms with Crippen LogP contribution < -0.4 is 14.8 Å². The number of benzene rings is 1. The van der Waals surface area contributed by atoms with E-state index >= 15 is 0 Å². The Kier molecular flexibility index (Phi) is 5.41. The first kappa shape index (κ1) is 15.6. The van der Waals surface area contributed by atoms with Crippen molar-refractivity contribution in [2.45, 2.75) is 18.4 Å². The fourth-order valence-electron chi connectivity index (χ4n) is 2.12. The monoisotopic (exact) mass is 295 g/mol. The van der Waals surface area contributed by atoms with Gasteiger partial charge in [-0.25, -0.2) is 0 Å². The van der Waals surface area contributed by atoms with Gasteiger partial charge in [0.25, 0.3) is 5.91 Å².